The molecule has 0 spiro atoms. The van der Waals surface area contributed by atoms with Gasteiger partial charge in [0.1, 0.15) is 0 Å². The van der Waals surface area contributed by atoms with Crippen molar-refractivity contribution in [2.75, 3.05) is 20.6 Å². The Bertz CT molecular complexity index is 445. The van der Waals surface area contributed by atoms with Crippen molar-refractivity contribution < 1.29 is 0 Å². The minimum Gasteiger partial charge on any atom is -0.356 e. The van der Waals surface area contributed by atoms with E-state index in [-0.39, 0.29) is 0 Å². The summed E-state index contributed by atoms with van der Waals surface area (Å²) >= 11 is 0. The van der Waals surface area contributed by atoms with E-state index in [1.165, 1.54) is 18.4 Å². The van der Waals surface area contributed by atoms with E-state index in [1.54, 1.807) is 0 Å². The topological polar surface area (TPSA) is 27.6 Å². The Balaban J connectivity index is 1.94. The smallest absolute Gasteiger partial charge is 0.193 e. The van der Waals surface area contributed by atoms with Gasteiger partial charge in [0, 0.05) is 20.6 Å². The molecule has 0 bridgehead atoms. The Morgan fingerprint density at radius 3 is 2.40 bits per heavy atom. The van der Waals surface area contributed by atoms with E-state index in [1.807, 2.05) is 20.2 Å². The predicted octanol–water partition coefficient (Wildman–Crippen LogP) is 3.13. The van der Waals surface area contributed by atoms with E-state index in [0.29, 0.717) is 5.41 Å². The van der Waals surface area contributed by atoms with Crippen LogP contribution in [0.5, 0.6) is 0 Å². The molecule has 0 unspecified atom stereocenters. The molecule has 1 fully saturated rings. The molecule has 1 aromatic rings. The molecule has 1 N–H and O–H groups in total. The molecule has 0 radical (unpaired) electrons. The lowest BCUT2D eigenvalue weighted by atomic mass is 9.92. The summed E-state index contributed by atoms with van der Waals surface area (Å²) in [7, 11) is 4.09. The Kier molecular flexibility index (Phi) is 4.69. The fourth-order valence-corrected chi connectivity index (χ4v) is 2.48. The van der Waals surface area contributed by atoms with Crippen LogP contribution in [0.25, 0.3) is 0 Å². The van der Waals surface area contributed by atoms with Crippen LogP contribution in [0.4, 0.5) is 0 Å². The van der Waals surface area contributed by atoms with Gasteiger partial charge in [0.2, 0.25) is 0 Å². The van der Waals surface area contributed by atoms with Gasteiger partial charge in [0.25, 0.3) is 0 Å². The SMILES string of the molecule is CC(C)C1(CNC(=NCc2ccccc2)N(C)C)CC1. The zero-order valence-electron chi connectivity index (χ0n) is 13.2. The normalized spacial score (nSPS) is 17.1. The highest BCUT2D eigenvalue weighted by Crippen LogP contribution is 2.51. The van der Waals surface area contributed by atoms with Crippen molar-refractivity contribution in [1.29, 1.82) is 0 Å². The van der Waals surface area contributed by atoms with Crippen LogP contribution in [0.1, 0.15) is 32.3 Å². The van der Waals surface area contributed by atoms with Gasteiger partial charge in [-0.15, -0.1) is 0 Å². The molecule has 1 aliphatic rings. The predicted molar refractivity (Wildman–Crippen MR) is 85.8 cm³/mol. The first-order valence-electron chi connectivity index (χ1n) is 7.53. The summed E-state index contributed by atoms with van der Waals surface area (Å²) < 4.78 is 0. The number of hydrogen-bond acceptors (Lipinski definition) is 1. The molecule has 1 aliphatic carbocycles. The average Bonchev–Trinajstić information content (AvgIpc) is 3.20. The van der Waals surface area contributed by atoms with Crippen molar-refractivity contribution >= 4 is 5.96 Å². The zero-order valence-corrected chi connectivity index (χ0v) is 13.2. The molecule has 20 heavy (non-hydrogen) atoms. The fraction of sp³-hybridized carbons (Fsp3) is 0.588. The van der Waals surface area contributed by atoms with Gasteiger partial charge in [-0.25, -0.2) is 4.99 Å². The minimum absolute atomic E-state index is 0.503. The Morgan fingerprint density at radius 2 is 1.90 bits per heavy atom. The van der Waals surface area contributed by atoms with Crippen molar-refractivity contribution in [3.63, 3.8) is 0 Å². The van der Waals surface area contributed by atoms with E-state index in [4.69, 9.17) is 4.99 Å². The van der Waals surface area contributed by atoms with E-state index in [9.17, 15) is 0 Å². The summed E-state index contributed by atoms with van der Waals surface area (Å²) in [5.74, 6) is 1.73. The maximum absolute atomic E-state index is 4.72. The second-order valence-corrected chi connectivity index (χ2v) is 6.39. The molecule has 3 heteroatoms. The monoisotopic (exact) mass is 273 g/mol. The second kappa shape index (κ2) is 6.29. The number of guanidine groups is 1. The lowest BCUT2D eigenvalue weighted by Crippen LogP contribution is -2.40. The largest absolute Gasteiger partial charge is 0.356 e. The summed E-state index contributed by atoms with van der Waals surface area (Å²) in [5.41, 5.74) is 1.75. The molecular formula is C17H27N3. The second-order valence-electron chi connectivity index (χ2n) is 6.39. The molecule has 0 aromatic heterocycles. The molecule has 0 aliphatic heterocycles. The Labute approximate surface area is 123 Å². The van der Waals surface area contributed by atoms with Crippen molar-refractivity contribution in [2.45, 2.75) is 33.2 Å². The van der Waals surface area contributed by atoms with Crippen LogP contribution in [0, 0.1) is 11.3 Å². The standard InChI is InChI=1S/C17H27N3/c1-14(2)17(10-11-17)13-19-16(20(3)4)18-12-15-8-6-5-7-9-15/h5-9,14H,10-13H2,1-4H3,(H,18,19). The van der Waals surface area contributed by atoms with Gasteiger partial charge >= 0.3 is 0 Å². The first-order valence-corrected chi connectivity index (χ1v) is 7.53. The third kappa shape index (κ3) is 3.75. The third-order valence-corrected chi connectivity index (χ3v) is 4.39. The van der Waals surface area contributed by atoms with Crippen LogP contribution in [0.2, 0.25) is 0 Å². The van der Waals surface area contributed by atoms with Crippen molar-refractivity contribution in [2.24, 2.45) is 16.3 Å². The van der Waals surface area contributed by atoms with Gasteiger partial charge in [-0.2, -0.15) is 0 Å². The lowest BCUT2D eigenvalue weighted by molar-refractivity contribution is 0.352. The van der Waals surface area contributed by atoms with Crippen molar-refractivity contribution in [3.8, 4) is 0 Å². The highest BCUT2D eigenvalue weighted by atomic mass is 15.3. The van der Waals surface area contributed by atoms with Crippen LogP contribution in [0.3, 0.4) is 0 Å². The van der Waals surface area contributed by atoms with E-state index >= 15 is 0 Å². The number of benzene rings is 1. The molecule has 0 saturated heterocycles. The van der Waals surface area contributed by atoms with E-state index in [2.05, 4.69) is 48.3 Å². The van der Waals surface area contributed by atoms with Gasteiger partial charge in [-0.3, -0.25) is 0 Å². The van der Waals surface area contributed by atoms with Crippen LogP contribution < -0.4 is 5.32 Å². The maximum Gasteiger partial charge on any atom is 0.193 e. The molecule has 0 amide bonds. The van der Waals surface area contributed by atoms with Gasteiger partial charge in [-0.05, 0) is 29.7 Å². The summed E-state index contributed by atoms with van der Waals surface area (Å²) in [6, 6.07) is 10.4. The quantitative estimate of drug-likeness (QED) is 0.659. The van der Waals surface area contributed by atoms with E-state index < -0.39 is 0 Å². The molecule has 1 saturated carbocycles. The summed E-state index contributed by atoms with van der Waals surface area (Å²) in [4.78, 5) is 6.78. The highest BCUT2D eigenvalue weighted by Gasteiger charge is 2.45. The summed E-state index contributed by atoms with van der Waals surface area (Å²) in [6.07, 6.45) is 2.69. The molecule has 1 aromatic carbocycles. The van der Waals surface area contributed by atoms with Gasteiger partial charge in [0.05, 0.1) is 6.54 Å². The number of aliphatic imine (C=N–C) groups is 1. The molecular weight excluding hydrogens is 246 g/mol. The van der Waals surface area contributed by atoms with E-state index in [0.717, 1.165) is 25.0 Å². The molecule has 0 atom stereocenters. The van der Waals surface area contributed by atoms with Crippen LogP contribution >= 0.6 is 0 Å². The Hall–Kier alpha value is -1.51. The van der Waals surface area contributed by atoms with Gasteiger partial charge < -0.3 is 10.2 Å². The average molecular weight is 273 g/mol. The summed E-state index contributed by atoms with van der Waals surface area (Å²) in [5, 5.41) is 3.55. The zero-order chi connectivity index (χ0) is 14.6. The lowest BCUT2D eigenvalue weighted by Gasteiger charge is -2.24. The number of nitrogens with one attached hydrogen (secondary N) is 1. The molecule has 0 heterocycles. The third-order valence-electron chi connectivity index (χ3n) is 4.39. The van der Waals surface area contributed by atoms with Gasteiger partial charge in [0.15, 0.2) is 5.96 Å². The van der Waals surface area contributed by atoms with Crippen molar-refractivity contribution in [3.05, 3.63) is 35.9 Å². The first-order chi connectivity index (χ1) is 9.53. The first kappa shape index (κ1) is 14.9. The van der Waals surface area contributed by atoms with Crippen LogP contribution in [-0.4, -0.2) is 31.5 Å². The number of nitrogens with zero attached hydrogens (tertiary/aromatic N) is 2. The minimum atomic E-state index is 0.503. The molecule has 2 rings (SSSR count). The Morgan fingerprint density at radius 1 is 1.25 bits per heavy atom. The fourth-order valence-electron chi connectivity index (χ4n) is 2.48. The van der Waals surface area contributed by atoms with Crippen molar-refractivity contribution in [1.82, 2.24) is 10.2 Å². The molecule has 110 valence electrons. The maximum atomic E-state index is 4.72. The highest BCUT2D eigenvalue weighted by molar-refractivity contribution is 5.79. The number of rotatable bonds is 5. The van der Waals surface area contributed by atoms with Gasteiger partial charge in [-0.1, -0.05) is 44.2 Å². The van der Waals surface area contributed by atoms with Crippen LogP contribution in [0.15, 0.2) is 35.3 Å². The van der Waals surface area contributed by atoms with Crippen LogP contribution in [-0.2, 0) is 6.54 Å². The number of hydrogen-bond donors (Lipinski definition) is 1. The summed E-state index contributed by atoms with van der Waals surface area (Å²) in [6.45, 7) is 6.42. The molecule has 3 nitrogen and oxygen atoms in total.